The highest BCUT2D eigenvalue weighted by molar-refractivity contribution is 6.18. The van der Waals surface area contributed by atoms with Gasteiger partial charge in [0.25, 0.3) is 0 Å². The molecular weight excluding hydrogens is 691 g/mol. The minimum Gasteiger partial charge on any atom is -0.309 e. The Hall–Kier alpha value is -7.62. The van der Waals surface area contributed by atoms with E-state index in [9.17, 15) is 8.22 Å². The van der Waals surface area contributed by atoms with Crippen LogP contribution in [0.4, 0.5) is 0 Å². The summed E-state index contributed by atoms with van der Waals surface area (Å²) >= 11 is 0. The Bertz CT molecular complexity index is 4190. The molecule has 0 saturated carbocycles. The first-order valence-corrected chi connectivity index (χ1v) is 18.6. The van der Waals surface area contributed by atoms with Crippen molar-refractivity contribution >= 4 is 65.4 Å². The van der Waals surface area contributed by atoms with Crippen LogP contribution in [0.25, 0.3) is 105 Å². The zero-order valence-corrected chi connectivity index (χ0v) is 30.0. The van der Waals surface area contributed by atoms with Gasteiger partial charge in [0, 0.05) is 38.0 Å². The average Bonchev–Trinajstić information content (AvgIpc) is 4.02. The number of hydrogen-bond acceptors (Lipinski definition) is 0. The monoisotopic (exact) mass is 738 g/mol. The van der Waals surface area contributed by atoms with E-state index in [2.05, 4.69) is 51.6 Å². The lowest BCUT2D eigenvalue weighted by Crippen LogP contribution is -2.01. The molecule has 3 aromatic heterocycles. The SMILES string of the molecule is [2H]c1c([2H])c([2H])c(-c2c([2H])c([2H])c(-c3c([2H])c([2H])c([2H])c(-n4c5ccccc5c5cccc(-n6c7ccccc7c7c(-n8c9ccccc9c9ccccc98)cccc76)c54)c3[2H])c([2H])c2[2H])c([2H])c1[2H]. The lowest BCUT2D eigenvalue weighted by Gasteiger charge is -2.15. The van der Waals surface area contributed by atoms with Crippen LogP contribution in [0.2, 0.25) is 0 Å². The van der Waals surface area contributed by atoms with Gasteiger partial charge in [-0.05, 0) is 76.8 Å². The molecule has 3 nitrogen and oxygen atoms in total. The Morgan fingerprint density at radius 1 is 0.316 bits per heavy atom. The molecule has 0 atom stereocenters. The van der Waals surface area contributed by atoms with Gasteiger partial charge in [-0.15, -0.1) is 0 Å². The van der Waals surface area contributed by atoms with Crippen LogP contribution in [0, 0.1) is 0 Å². The third kappa shape index (κ3) is 4.73. The zero-order chi connectivity index (χ0) is 48.8. The van der Waals surface area contributed by atoms with E-state index in [0.717, 1.165) is 60.1 Å². The number of benzene rings is 9. The van der Waals surface area contributed by atoms with Crippen LogP contribution >= 0.6 is 0 Å². The summed E-state index contributed by atoms with van der Waals surface area (Å²) in [6.07, 6.45) is 0. The summed E-state index contributed by atoms with van der Waals surface area (Å²) in [6, 6.07) is 35.5. The number of nitrogens with zero attached hydrogens (tertiary/aromatic N) is 3. The standard InChI is InChI=1S/C54H35N3/c1-2-15-36(16-3-1)37-31-33-38(34-32-37)39-17-12-18-40(35-39)55-46-24-8-6-21-43(46)44-23-13-30-52(54(44)55)57-49-27-11-7-22-45(49)53-50(28-14-29-51(53)57)56-47-25-9-4-19-41(47)42-20-5-10-26-48(42)56/h1-35H/i1D,2D,3D,12D,15D,16D,17D,18D,31D,32D,33D,34D,35D. The molecule has 12 aromatic rings. The van der Waals surface area contributed by atoms with Gasteiger partial charge in [-0.3, -0.25) is 0 Å². The topological polar surface area (TPSA) is 14.8 Å². The first kappa shape index (κ1) is 21.5. The fourth-order valence-electron chi connectivity index (χ4n) is 8.55. The van der Waals surface area contributed by atoms with E-state index in [-0.39, 0.29) is 5.69 Å². The molecule has 0 aliphatic carbocycles. The number of para-hydroxylation sites is 5. The molecule has 57 heavy (non-hydrogen) atoms. The highest BCUT2D eigenvalue weighted by Gasteiger charge is 2.23. The molecule has 0 aliphatic rings. The van der Waals surface area contributed by atoms with Gasteiger partial charge in [0.1, 0.15) is 0 Å². The summed E-state index contributed by atoms with van der Waals surface area (Å²) in [6.45, 7) is 0. The summed E-state index contributed by atoms with van der Waals surface area (Å²) in [5, 5.41) is 5.72. The number of hydrogen-bond donors (Lipinski definition) is 0. The van der Waals surface area contributed by atoms with Crippen LogP contribution in [0.3, 0.4) is 0 Å². The molecule has 0 unspecified atom stereocenters. The Kier molecular flexibility index (Phi) is 4.69. The van der Waals surface area contributed by atoms with Gasteiger partial charge >= 0.3 is 0 Å². The minimum absolute atomic E-state index is 0.132. The van der Waals surface area contributed by atoms with Gasteiger partial charge in [0.05, 0.1) is 62.3 Å². The maximum atomic E-state index is 9.96. The average molecular weight is 739 g/mol. The van der Waals surface area contributed by atoms with Crippen LogP contribution in [0.1, 0.15) is 17.8 Å². The molecule has 0 radical (unpaired) electrons. The fourth-order valence-corrected chi connectivity index (χ4v) is 8.55. The summed E-state index contributed by atoms with van der Waals surface area (Å²) in [5.41, 5.74) is 4.47. The molecule has 0 N–H and O–H groups in total. The van der Waals surface area contributed by atoms with Crippen molar-refractivity contribution < 1.29 is 17.8 Å². The first-order chi connectivity index (χ1) is 33.7. The molecule has 0 aliphatic heterocycles. The van der Waals surface area contributed by atoms with E-state index in [1.165, 1.54) is 0 Å². The summed E-state index contributed by atoms with van der Waals surface area (Å²) in [5.74, 6) is 0. The lowest BCUT2D eigenvalue weighted by atomic mass is 10.00. The Morgan fingerprint density at radius 3 is 1.46 bits per heavy atom. The van der Waals surface area contributed by atoms with Crippen LogP contribution in [-0.4, -0.2) is 13.7 Å². The van der Waals surface area contributed by atoms with Crippen molar-refractivity contribution in [2.75, 3.05) is 0 Å². The predicted molar refractivity (Wildman–Crippen MR) is 240 cm³/mol. The largest absolute Gasteiger partial charge is 0.309 e. The maximum Gasteiger partial charge on any atom is 0.0782 e. The summed E-state index contributed by atoms with van der Waals surface area (Å²) in [4.78, 5) is 0. The van der Waals surface area contributed by atoms with E-state index in [1.807, 2.05) is 91.0 Å². The van der Waals surface area contributed by atoms with Crippen LogP contribution < -0.4 is 0 Å². The Morgan fingerprint density at radius 2 is 0.772 bits per heavy atom. The van der Waals surface area contributed by atoms with E-state index in [0.29, 0.717) is 16.7 Å². The third-order valence-corrected chi connectivity index (χ3v) is 10.9. The first-order valence-electron chi connectivity index (χ1n) is 25.1. The number of aromatic nitrogens is 3. The van der Waals surface area contributed by atoms with Crippen molar-refractivity contribution in [3.63, 3.8) is 0 Å². The predicted octanol–water partition coefficient (Wildman–Crippen LogP) is 14.3. The van der Waals surface area contributed by atoms with E-state index in [4.69, 9.17) is 9.60 Å². The normalized spacial score (nSPS) is 15.1. The van der Waals surface area contributed by atoms with Crippen molar-refractivity contribution in [1.82, 2.24) is 13.7 Å². The molecule has 0 bridgehead atoms. The van der Waals surface area contributed by atoms with Crippen molar-refractivity contribution in [3.8, 4) is 39.3 Å². The molecule has 12 rings (SSSR count). The maximum absolute atomic E-state index is 9.96. The van der Waals surface area contributed by atoms with Crippen LogP contribution in [0.15, 0.2) is 212 Å². The highest BCUT2D eigenvalue weighted by Crippen LogP contribution is 2.43. The Balaban J connectivity index is 1.17. The van der Waals surface area contributed by atoms with E-state index in [1.54, 1.807) is 4.57 Å². The molecule has 0 amide bonds. The molecule has 266 valence electrons. The lowest BCUT2D eigenvalue weighted by molar-refractivity contribution is 1.13. The fraction of sp³-hybridized carbons (Fsp3) is 0. The van der Waals surface area contributed by atoms with Crippen molar-refractivity contribution in [2.45, 2.75) is 0 Å². The smallest absolute Gasteiger partial charge is 0.0782 e. The van der Waals surface area contributed by atoms with E-state index < -0.39 is 101 Å². The van der Waals surface area contributed by atoms with E-state index >= 15 is 0 Å². The van der Waals surface area contributed by atoms with Crippen LogP contribution in [0.5, 0.6) is 0 Å². The molecule has 0 spiro atoms. The van der Waals surface area contributed by atoms with Crippen molar-refractivity contribution in [3.05, 3.63) is 212 Å². The second-order valence-corrected chi connectivity index (χ2v) is 13.9. The van der Waals surface area contributed by atoms with Gasteiger partial charge in [0.2, 0.25) is 0 Å². The molecule has 0 fully saturated rings. The van der Waals surface area contributed by atoms with Crippen LogP contribution in [-0.2, 0) is 0 Å². The van der Waals surface area contributed by atoms with Gasteiger partial charge in [-0.2, -0.15) is 0 Å². The molecule has 0 saturated heterocycles. The molecule has 9 aromatic carbocycles. The third-order valence-electron chi connectivity index (χ3n) is 10.9. The van der Waals surface area contributed by atoms with Crippen molar-refractivity contribution in [1.29, 1.82) is 0 Å². The van der Waals surface area contributed by atoms with Gasteiger partial charge in [0.15, 0.2) is 0 Å². The zero-order valence-electron chi connectivity index (χ0n) is 43.0. The van der Waals surface area contributed by atoms with Gasteiger partial charge in [-0.25, -0.2) is 0 Å². The Labute approximate surface area is 347 Å². The molecule has 3 heteroatoms. The molecular formula is C54H35N3. The molecule has 3 heterocycles. The summed E-state index contributed by atoms with van der Waals surface area (Å²) < 4.78 is 123. The minimum atomic E-state index is -0.762. The summed E-state index contributed by atoms with van der Waals surface area (Å²) in [7, 11) is 0. The second-order valence-electron chi connectivity index (χ2n) is 13.9. The highest BCUT2D eigenvalue weighted by atomic mass is 15.1. The number of fused-ring (bicyclic) bond motifs is 9. The van der Waals surface area contributed by atoms with Gasteiger partial charge in [-0.1, -0.05) is 157 Å². The van der Waals surface area contributed by atoms with Crippen molar-refractivity contribution in [2.24, 2.45) is 0 Å². The number of rotatable bonds is 5. The quantitative estimate of drug-likeness (QED) is 0.167. The van der Waals surface area contributed by atoms with Gasteiger partial charge < -0.3 is 13.7 Å². The second kappa shape index (κ2) is 12.5.